The summed E-state index contributed by atoms with van der Waals surface area (Å²) in [6.45, 7) is 1.84. The predicted octanol–water partition coefficient (Wildman–Crippen LogP) is 3.20. The molecule has 8 heteroatoms. The maximum absolute atomic E-state index is 13.3. The number of fused-ring (bicyclic) bond motifs is 1. The Morgan fingerprint density at radius 3 is 2.41 bits per heavy atom. The number of carbonyl (C=O) groups is 3. The molecule has 29 heavy (non-hydrogen) atoms. The largest absolute Gasteiger partial charge is 0.480 e. The first-order valence-corrected chi connectivity index (χ1v) is 10.1. The first-order valence-electron chi connectivity index (χ1n) is 8.83. The van der Waals surface area contributed by atoms with Gasteiger partial charge >= 0.3 is 5.97 Å². The summed E-state index contributed by atoms with van der Waals surface area (Å²) >= 11 is 6.15. The van der Waals surface area contributed by atoms with Crippen LogP contribution in [0.5, 0.6) is 0 Å². The van der Waals surface area contributed by atoms with E-state index in [1.165, 1.54) is 0 Å². The molecule has 0 saturated carbocycles. The van der Waals surface area contributed by atoms with Gasteiger partial charge in [0.05, 0.1) is 22.7 Å². The van der Waals surface area contributed by atoms with Gasteiger partial charge in [-0.15, -0.1) is 0 Å². The standard InChI is InChI=1S/C21H16N2O4S2/c1-12-6-8-13(9-7-12)10-22-15-5-3-2-4-14(15)17(19(22)26)18-20(27)23(11-16(24)25)21(28)29-18/h2-9H,10-11H2,1H3,(H,24,25)/b18-17-. The van der Waals surface area contributed by atoms with Crippen molar-refractivity contribution in [2.75, 3.05) is 11.4 Å². The van der Waals surface area contributed by atoms with Crippen LogP contribution < -0.4 is 4.90 Å². The van der Waals surface area contributed by atoms with E-state index in [0.29, 0.717) is 12.1 Å². The molecule has 0 bridgehead atoms. The highest BCUT2D eigenvalue weighted by Crippen LogP contribution is 2.44. The second-order valence-electron chi connectivity index (χ2n) is 6.75. The molecule has 6 nitrogen and oxygen atoms in total. The molecule has 2 aromatic rings. The summed E-state index contributed by atoms with van der Waals surface area (Å²) < 4.78 is 0.141. The van der Waals surface area contributed by atoms with Gasteiger partial charge in [0.1, 0.15) is 10.9 Å². The summed E-state index contributed by atoms with van der Waals surface area (Å²) in [4.78, 5) is 40.0. The van der Waals surface area contributed by atoms with Crippen LogP contribution in [0.3, 0.4) is 0 Å². The average Bonchev–Trinajstić information content (AvgIpc) is 3.11. The number of aliphatic carboxylic acids is 1. The van der Waals surface area contributed by atoms with Gasteiger partial charge in [-0.1, -0.05) is 72.0 Å². The Morgan fingerprint density at radius 1 is 1.03 bits per heavy atom. The number of amides is 2. The van der Waals surface area contributed by atoms with Crippen LogP contribution in [-0.2, 0) is 20.9 Å². The Morgan fingerprint density at radius 2 is 1.72 bits per heavy atom. The van der Waals surface area contributed by atoms with E-state index < -0.39 is 18.4 Å². The van der Waals surface area contributed by atoms with Crippen molar-refractivity contribution < 1.29 is 19.5 Å². The number of carboxylic acid groups (broad SMARTS) is 1. The number of rotatable bonds is 4. The fourth-order valence-corrected chi connectivity index (χ4v) is 4.68. The first kappa shape index (κ1) is 19.4. The topological polar surface area (TPSA) is 77.9 Å². The molecule has 4 rings (SSSR count). The normalized spacial score (nSPS) is 18.6. The smallest absolute Gasteiger partial charge is 0.323 e. The molecule has 2 heterocycles. The number of carboxylic acids is 1. The summed E-state index contributed by atoms with van der Waals surface area (Å²) in [5.74, 6) is -1.99. The predicted molar refractivity (Wildman–Crippen MR) is 115 cm³/mol. The average molecular weight is 425 g/mol. The Balaban J connectivity index is 1.76. The Kier molecular flexibility index (Phi) is 4.97. The summed E-state index contributed by atoms with van der Waals surface area (Å²) in [6.07, 6.45) is 0. The fraction of sp³-hybridized carbons (Fsp3) is 0.143. The zero-order valence-electron chi connectivity index (χ0n) is 15.4. The molecule has 0 radical (unpaired) electrons. The molecule has 2 aliphatic rings. The zero-order chi connectivity index (χ0) is 20.7. The van der Waals surface area contributed by atoms with Crippen LogP contribution in [0.15, 0.2) is 53.4 Å². The van der Waals surface area contributed by atoms with Gasteiger partial charge in [-0.25, -0.2) is 0 Å². The highest BCUT2D eigenvalue weighted by molar-refractivity contribution is 8.26. The van der Waals surface area contributed by atoms with Crippen molar-refractivity contribution in [1.82, 2.24) is 4.90 Å². The molecule has 0 atom stereocenters. The SMILES string of the molecule is Cc1ccc(CN2C(=O)/C(=C3\SC(=S)N(CC(=O)O)C3=O)c3ccccc32)cc1. The molecule has 2 aliphatic heterocycles. The lowest BCUT2D eigenvalue weighted by atomic mass is 10.1. The van der Waals surface area contributed by atoms with Crippen LogP contribution in [0.1, 0.15) is 16.7 Å². The van der Waals surface area contributed by atoms with Gasteiger partial charge in [0, 0.05) is 5.56 Å². The number of aryl methyl sites for hydroxylation is 1. The summed E-state index contributed by atoms with van der Waals surface area (Å²) in [5, 5.41) is 9.04. The number of anilines is 1. The lowest BCUT2D eigenvalue weighted by molar-refractivity contribution is -0.140. The van der Waals surface area contributed by atoms with Gasteiger partial charge < -0.3 is 10.0 Å². The van der Waals surface area contributed by atoms with E-state index in [0.717, 1.165) is 33.5 Å². The van der Waals surface area contributed by atoms with Crippen molar-refractivity contribution in [3.63, 3.8) is 0 Å². The molecule has 0 aliphatic carbocycles. The van der Waals surface area contributed by atoms with E-state index in [4.69, 9.17) is 17.3 Å². The molecular formula is C21H16N2O4S2. The number of hydrogen-bond donors (Lipinski definition) is 1. The maximum Gasteiger partial charge on any atom is 0.323 e. The van der Waals surface area contributed by atoms with Gasteiger partial charge in [0.2, 0.25) is 0 Å². The lowest BCUT2D eigenvalue weighted by Crippen LogP contribution is -2.33. The van der Waals surface area contributed by atoms with E-state index in [1.54, 1.807) is 17.0 Å². The Bertz CT molecular complexity index is 1090. The minimum Gasteiger partial charge on any atom is -0.480 e. The van der Waals surface area contributed by atoms with E-state index >= 15 is 0 Å². The molecule has 2 aromatic carbocycles. The number of benzene rings is 2. The number of hydrogen-bond acceptors (Lipinski definition) is 5. The van der Waals surface area contributed by atoms with E-state index in [-0.39, 0.29) is 20.7 Å². The van der Waals surface area contributed by atoms with E-state index in [9.17, 15) is 14.4 Å². The number of carbonyl (C=O) groups excluding carboxylic acids is 2. The van der Waals surface area contributed by atoms with Crippen LogP contribution in [0.2, 0.25) is 0 Å². The van der Waals surface area contributed by atoms with Gasteiger partial charge in [0.15, 0.2) is 0 Å². The molecule has 1 N–H and O–H groups in total. The minimum absolute atomic E-state index is 0.141. The first-order chi connectivity index (χ1) is 13.9. The van der Waals surface area contributed by atoms with Gasteiger partial charge in [-0.05, 0) is 18.6 Å². The number of thiocarbonyl (C=S) groups is 1. The quantitative estimate of drug-likeness (QED) is 0.600. The van der Waals surface area contributed by atoms with E-state index in [2.05, 4.69) is 0 Å². The lowest BCUT2D eigenvalue weighted by Gasteiger charge is -2.17. The third kappa shape index (κ3) is 3.45. The minimum atomic E-state index is -1.16. The zero-order valence-corrected chi connectivity index (χ0v) is 17.0. The van der Waals surface area contributed by atoms with E-state index in [1.807, 2.05) is 43.3 Å². The van der Waals surface area contributed by atoms with Crippen LogP contribution in [-0.4, -0.2) is 38.7 Å². The third-order valence-electron chi connectivity index (χ3n) is 4.75. The van der Waals surface area contributed by atoms with Crippen LogP contribution >= 0.6 is 24.0 Å². The van der Waals surface area contributed by atoms with Gasteiger partial charge in [-0.3, -0.25) is 19.3 Å². The Hall–Kier alpha value is -2.97. The van der Waals surface area contributed by atoms with Crippen LogP contribution in [0, 0.1) is 6.92 Å². The summed E-state index contributed by atoms with van der Waals surface area (Å²) in [6, 6.07) is 15.2. The highest BCUT2D eigenvalue weighted by Gasteiger charge is 2.42. The molecule has 0 spiro atoms. The van der Waals surface area contributed by atoms with Crippen molar-refractivity contribution in [1.29, 1.82) is 0 Å². The van der Waals surface area contributed by atoms with Crippen molar-refractivity contribution in [3.05, 3.63) is 70.1 Å². The molecule has 1 saturated heterocycles. The molecule has 0 aromatic heterocycles. The van der Waals surface area contributed by atoms with Gasteiger partial charge in [0.25, 0.3) is 11.8 Å². The highest BCUT2D eigenvalue weighted by atomic mass is 32.2. The fourth-order valence-electron chi connectivity index (χ4n) is 3.35. The summed E-state index contributed by atoms with van der Waals surface area (Å²) in [5.41, 5.74) is 3.75. The molecule has 2 amide bonds. The van der Waals surface area contributed by atoms with Crippen LogP contribution in [0.4, 0.5) is 5.69 Å². The molecule has 146 valence electrons. The second-order valence-corrected chi connectivity index (χ2v) is 8.40. The summed E-state index contributed by atoms with van der Waals surface area (Å²) in [7, 11) is 0. The van der Waals surface area contributed by atoms with Gasteiger partial charge in [-0.2, -0.15) is 0 Å². The maximum atomic E-state index is 13.3. The van der Waals surface area contributed by atoms with Crippen molar-refractivity contribution in [2.45, 2.75) is 13.5 Å². The third-order valence-corrected chi connectivity index (χ3v) is 6.20. The van der Waals surface area contributed by atoms with Crippen molar-refractivity contribution in [2.24, 2.45) is 0 Å². The molecule has 0 unspecified atom stereocenters. The van der Waals surface area contributed by atoms with Crippen molar-refractivity contribution in [3.8, 4) is 0 Å². The monoisotopic (exact) mass is 424 g/mol. The van der Waals surface area contributed by atoms with Crippen molar-refractivity contribution >= 4 is 57.3 Å². The number of para-hydroxylation sites is 1. The van der Waals surface area contributed by atoms with Crippen LogP contribution in [0.25, 0.3) is 5.57 Å². The second kappa shape index (κ2) is 7.46. The number of nitrogens with zero attached hydrogens (tertiary/aromatic N) is 2. The number of thioether (sulfide) groups is 1. The molecular weight excluding hydrogens is 408 g/mol. The Labute approximate surface area is 176 Å². The molecule has 1 fully saturated rings.